The minimum Gasteiger partial charge on any atom is -0.497 e. The lowest BCUT2D eigenvalue weighted by atomic mass is 9.96. The van der Waals surface area contributed by atoms with Crippen LogP contribution in [0.4, 0.5) is 5.69 Å². The first-order valence-corrected chi connectivity index (χ1v) is 8.90. The molecule has 0 aliphatic carbocycles. The van der Waals surface area contributed by atoms with Crippen LogP contribution in [-0.4, -0.2) is 30.4 Å². The van der Waals surface area contributed by atoms with E-state index in [1.165, 1.54) is 14.2 Å². The van der Waals surface area contributed by atoms with Crippen LogP contribution >= 0.6 is 34.8 Å². The maximum absolute atomic E-state index is 13.0. The summed E-state index contributed by atoms with van der Waals surface area (Å²) in [5.41, 5.74) is 0.663. The summed E-state index contributed by atoms with van der Waals surface area (Å²) in [5, 5.41) is -0.254. The average Bonchev–Trinajstić information content (AvgIpc) is 2.67. The van der Waals surface area contributed by atoms with Gasteiger partial charge in [-0.15, -0.1) is 0 Å². The van der Waals surface area contributed by atoms with Crippen molar-refractivity contribution in [3.8, 4) is 11.5 Å². The number of anilines is 1. The summed E-state index contributed by atoms with van der Waals surface area (Å²) in [4.78, 5) is 26.8. The molecule has 140 valence electrons. The molecular weight excluding hydrogens is 413 g/mol. The van der Waals surface area contributed by atoms with Crippen molar-refractivity contribution < 1.29 is 19.1 Å². The number of methoxy groups -OCH3 is 2. The Balaban J connectivity index is 2.16. The van der Waals surface area contributed by atoms with Gasteiger partial charge in [-0.2, -0.15) is 0 Å². The molecule has 8 heteroatoms. The highest BCUT2D eigenvalue weighted by Crippen LogP contribution is 2.47. The Bertz CT molecular complexity index is 938. The predicted octanol–water partition coefficient (Wildman–Crippen LogP) is 4.40. The number of ether oxygens (including phenoxy) is 2. The van der Waals surface area contributed by atoms with E-state index < -0.39 is 16.1 Å². The van der Waals surface area contributed by atoms with E-state index in [1.54, 1.807) is 48.5 Å². The Morgan fingerprint density at radius 3 is 2.15 bits per heavy atom. The Labute approximate surface area is 171 Å². The molecule has 2 aromatic carbocycles. The minimum absolute atomic E-state index is 0.0244. The van der Waals surface area contributed by atoms with E-state index in [4.69, 9.17) is 44.3 Å². The number of alkyl halides is 2. The zero-order chi connectivity index (χ0) is 19.8. The molecule has 1 heterocycles. The van der Waals surface area contributed by atoms with Crippen molar-refractivity contribution in [1.29, 1.82) is 0 Å². The largest absolute Gasteiger partial charge is 0.497 e. The van der Waals surface area contributed by atoms with Gasteiger partial charge in [-0.1, -0.05) is 59.1 Å². The van der Waals surface area contributed by atoms with Crippen molar-refractivity contribution in [2.45, 2.75) is 4.33 Å². The topological polar surface area (TPSA) is 55.8 Å². The van der Waals surface area contributed by atoms with Crippen LogP contribution in [-0.2, 0) is 9.59 Å². The zero-order valence-electron chi connectivity index (χ0n) is 14.3. The maximum Gasteiger partial charge on any atom is 0.277 e. The third-order valence-corrected chi connectivity index (χ3v) is 5.15. The molecule has 2 amide bonds. The van der Waals surface area contributed by atoms with E-state index in [2.05, 4.69) is 0 Å². The van der Waals surface area contributed by atoms with E-state index >= 15 is 0 Å². The molecule has 0 fully saturated rings. The number of hydrogen-bond donors (Lipinski definition) is 0. The lowest BCUT2D eigenvalue weighted by molar-refractivity contribution is -0.124. The SMILES string of the molecule is COc1ccc(C2=C(Cl)C(=O)N(c3ccccc3OC)C(=O)C2(Cl)Cl)cc1. The molecule has 5 nitrogen and oxygen atoms in total. The monoisotopic (exact) mass is 425 g/mol. The van der Waals surface area contributed by atoms with Gasteiger partial charge in [0.15, 0.2) is 0 Å². The second kappa shape index (κ2) is 7.43. The molecule has 0 radical (unpaired) electrons. The highest BCUT2D eigenvalue weighted by atomic mass is 35.5. The number of imide groups is 1. The number of carbonyl (C=O) groups is 2. The van der Waals surface area contributed by atoms with Gasteiger partial charge < -0.3 is 9.47 Å². The van der Waals surface area contributed by atoms with Crippen LogP contribution in [0.2, 0.25) is 0 Å². The van der Waals surface area contributed by atoms with Gasteiger partial charge in [0.1, 0.15) is 16.5 Å². The van der Waals surface area contributed by atoms with Crippen LogP contribution in [0, 0.1) is 0 Å². The van der Waals surface area contributed by atoms with Gasteiger partial charge in [-0.05, 0) is 29.8 Å². The lowest BCUT2D eigenvalue weighted by Gasteiger charge is -2.35. The fraction of sp³-hybridized carbons (Fsp3) is 0.158. The third kappa shape index (κ3) is 3.27. The maximum atomic E-state index is 13.0. The van der Waals surface area contributed by atoms with Crippen molar-refractivity contribution in [3.63, 3.8) is 0 Å². The molecule has 0 N–H and O–H groups in total. The van der Waals surface area contributed by atoms with Crippen LogP contribution in [0.3, 0.4) is 0 Å². The lowest BCUT2D eigenvalue weighted by Crippen LogP contribution is -2.51. The summed E-state index contributed by atoms with van der Waals surface area (Å²) in [5.74, 6) is -0.681. The van der Waals surface area contributed by atoms with Crippen LogP contribution in [0.15, 0.2) is 53.6 Å². The first-order chi connectivity index (χ1) is 12.8. The van der Waals surface area contributed by atoms with Gasteiger partial charge in [-0.25, -0.2) is 4.90 Å². The number of hydrogen-bond acceptors (Lipinski definition) is 4. The van der Waals surface area contributed by atoms with Crippen molar-refractivity contribution in [2.24, 2.45) is 0 Å². The number of amides is 2. The first kappa shape index (κ1) is 19.5. The molecule has 1 aliphatic rings. The van der Waals surface area contributed by atoms with Crippen molar-refractivity contribution in [2.75, 3.05) is 19.1 Å². The van der Waals surface area contributed by atoms with E-state index in [0.29, 0.717) is 17.1 Å². The van der Waals surface area contributed by atoms with E-state index in [0.717, 1.165) is 4.90 Å². The van der Waals surface area contributed by atoms with Gasteiger partial charge in [0.25, 0.3) is 11.8 Å². The fourth-order valence-corrected chi connectivity index (χ4v) is 3.79. The van der Waals surface area contributed by atoms with Crippen molar-refractivity contribution in [1.82, 2.24) is 0 Å². The normalized spacial score (nSPS) is 16.6. The molecule has 0 aromatic heterocycles. The van der Waals surface area contributed by atoms with E-state index in [9.17, 15) is 9.59 Å². The summed E-state index contributed by atoms with van der Waals surface area (Å²) in [6.45, 7) is 0. The molecule has 0 saturated heterocycles. The third-order valence-electron chi connectivity index (χ3n) is 4.10. The molecule has 0 unspecified atom stereocenters. The van der Waals surface area contributed by atoms with Crippen LogP contribution < -0.4 is 14.4 Å². The quantitative estimate of drug-likeness (QED) is 0.537. The minimum atomic E-state index is -2.07. The molecule has 2 aromatic rings. The Morgan fingerprint density at radius 2 is 1.56 bits per heavy atom. The van der Waals surface area contributed by atoms with Gasteiger partial charge in [0, 0.05) is 5.57 Å². The molecular formula is C19H14Cl3NO4. The molecule has 3 rings (SSSR count). The van der Waals surface area contributed by atoms with Crippen LogP contribution in [0.1, 0.15) is 5.56 Å². The average molecular weight is 427 g/mol. The highest BCUT2D eigenvalue weighted by molar-refractivity contribution is 6.70. The van der Waals surface area contributed by atoms with Crippen LogP contribution in [0.25, 0.3) is 5.57 Å². The van der Waals surface area contributed by atoms with Crippen LogP contribution in [0.5, 0.6) is 11.5 Å². The Kier molecular flexibility index (Phi) is 5.38. The number of benzene rings is 2. The standard InChI is InChI=1S/C19H14Cl3NO4/c1-26-12-9-7-11(8-10-12)15-16(20)17(24)23(18(25)19(15,21)22)13-5-3-4-6-14(13)27-2/h3-10H,1-2H3. The van der Waals surface area contributed by atoms with Gasteiger partial charge in [-0.3, -0.25) is 9.59 Å². The van der Waals surface area contributed by atoms with E-state index in [1.807, 2.05) is 0 Å². The summed E-state index contributed by atoms with van der Waals surface area (Å²) in [6.07, 6.45) is 0. The zero-order valence-corrected chi connectivity index (χ0v) is 16.6. The number of carbonyl (C=O) groups excluding carboxylic acids is 2. The van der Waals surface area contributed by atoms with Gasteiger partial charge in [0.2, 0.25) is 4.33 Å². The second-order valence-electron chi connectivity index (χ2n) is 5.61. The van der Waals surface area contributed by atoms with E-state index in [-0.39, 0.29) is 16.3 Å². The second-order valence-corrected chi connectivity index (χ2v) is 7.31. The number of para-hydroxylation sites is 2. The van der Waals surface area contributed by atoms with Crippen molar-refractivity contribution in [3.05, 3.63) is 59.1 Å². The Hall–Kier alpha value is -2.21. The summed E-state index contributed by atoms with van der Waals surface area (Å²) < 4.78 is 8.27. The smallest absolute Gasteiger partial charge is 0.277 e. The van der Waals surface area contributed by atoms with Gasteiger partial charge >= 0.3 is 0 Å². The highest BCUT2D eigenvalue weighted by Gasteiger charge is 2.51. The molecule has 1 aliphatic heterocycles. The molecule has 0 saturated carbocycles. The Morgan fingerprint density at radius 1 is 0.926 bits per heavy atom. The first-order valence-electron chi connectivity index (χ1n) is 7.77. The molecule has 0 bridgehead atoms. The predicted molar refractivity (Wildman–Crippen MR) is 106 cm³/mol. The van der Waals surface area contributed by atoms with Crippen molar-refractivity contribution >= 4 is 57.9 Å². The number of rotatable bonds is 4. The number of halogens is 3. The summed E-state index contributed by atoms with van der Waals surface area (Å²) in [7, 11) is 2.94. The molecule has 27 heavy (non-hydrogen) atoms. The van der Waals surface area contributed by atoms with Gasteiger partial charge in [0.05, 0.1) is 19.9 Å². The number of nitrogens with zero attached hydrogens (tertiary/aromatic N) is 1. The fourth-order valence-electron chi connectivity index (χ4n) is 2.78. The summed E-state index contributed by atoms with van der Waals surface area (Å²) in [6, 6.07) is 13.0. The molecule has 0 spiro atoms. The summed E-state index contributed by atoms with van der Waals surface area (Å²) >= 11 is 19.1. The molecule has 0 atom stereocenters.